The number of methoxy groups -OCH3 is 1. The maximum atomic E-state index is 14.0. The first-order valence-corrected chi connectivity index (χ1v) is 11.6. The second-order valence-electron chi connectivity index (χ2n) is 8.25. The number of imidazole rings is 1. The second-order valence-corrected chi connectivity index (χ2v) is 9.07. The zero-order chi connectivity index (χ0) is 23.4. The molecule has 7 heteroatoms. The monoisotopic (exact) mass is 487 g/mol. The van der Waals surface area contributed by atoms with Gasteiger partial charge in [-0.15, -0.1) is 0 Å². The van der Waals surface area contributed by atoms with Gasteiger partial charge in [0.25, 0.3) is 0 Å². The van der Waals surface area contributed by atoms with Crippen LogP contribution in [0.2, 0.25) is 10.0 Å². The van der Waals surface area contributed by atoms with Crippen molar-refractivity contribution in [3.05, 3.63) is 106 Å². The van der Waals surface area contributed by atoms with Gasteiger partial charge in [-0.1, -0.05) is 65.7 Å². The summed E-state index contributed by atoms with van der Waals surface area (Å²) < 4.78 is 9.51. The molecule has 6 rings (SSSR count). The average molecular weight is 488 g/mol. The van der Waals surface area contributed by atoms with Gasteiger partial charge in [-0.3, -0.25) is 4.79 Å². The molecule has 0 N–H and O–H groups in total. The van der Waals surface area contributed by atoms with Gasteiger partial charge in [0.2, 0.25) is 0 Å². The predicted octanol–water partition coefficient (Wildman–Crippen LogP) is 6.85. The number of Topliss-reactive ketones (excluding diaryl/α,β-unsaturated/α-hetero) is 1. The Morgan fingerprint density at radius 2 is 1.68 bits per heavy atom. The molecule has 3 aromatic carbocycles. The molecule has 0 spiro atoms. The SMILES string of the molecule is COc1ccc([C@@H]2[C@@H](C(=O)c3ccccc3)n3cccc3-c3nc4cc(Cl)c(Cl)cc4n32)cc1. The van der Waals surface area contributed by atoms with Crippen molar-refractivity contribution in [2.45, 2.75) is 12.1 Å². The molecule has 1 aliphatic heterocycles. The molecule has 0 fully saturated rings. The second kappa shape index (κ2) is 8.05. The van der Waals surface area contributed by atoms with Crippen molar-refractivity contribution in [3.63, 3.8) is 0 Å². The molecule has 2 aromatic heterocycles. The van der Waals surface area contributed by atoms with E-state index in [2.05, 4.69) is 4.57 Å². The third kappa shape index (κ3) is 3.16. The molecule has 168 valence electrons. The lowest BCUT2D eigenvalue weighted by molar-refractivity contribution is 0.0895. The van der Waals surface area contributed by atoms with Crippen LogP contribution in [0.25, 0.3) is 22.6 Å². The fraction of sp³-hybridized carbons (Fsp3) is 0.111. The van der Waals surface area contributed by atoms with Crippen molar-refractivity contribution in [1.29, 1.82) is 0 Å². The standard InChI is InChI=1S/C27H19Cl2N3O2/c1-34-18-11-9-16(10-12-18)24-25(26(33)17-6-3-2-4-7-17)31-13-5-8-22(31)27-30-21-14-19(28)20(29)15-23(21)32(24)27/h2-15,24-25H,1H3/t24-,25+/m1/s1. The third-order valence-electron chi connectivity index (χ3n) is 6.40. The molecule has 0 aliphatic carbocycles. The van der Waals surface area contributed by atoms with E-state index in [1.54, 1.807) is 13.2 Å². The minimum absolute atomic E-state index is 0.0198. The van der Waals surface area contributed by atoms with Gasteiger partial charge in [0.15, 0.2) is 11.6 Å². The molecule has 0 unspecified atom stereocenters. The Hall–Kier alpha value is -3.54. The number of carbonyl (C=O) groups is 1. The molecule has 0 amide bonds. The molecule has 5 nitrogen and oxygen atoms in total. The van der Waals surface area contributed by atoms with Crippen LogP contribution in [0.3, 0.4) is 0 Å². The smallest absolute Gasteiger partial charge is 0.188 e. The van der Waals surface area contributed by atoms with Crippen molar-refractivity contribution in [3.8, 4) is 17.3 Å². The van der Waals surface area contributed by atoms with Crippen LogP contribution in [0.15, 0.2) is 85.1 Å². The summed E-state index contributed by atoms with van der Waals surface area (Å²) in [5.41, 5.74) is 4.02. The number of benzene rings is 3. The van der Waals surface area contributed by atoms with E-state index in [9.17, 15) is 4.79 Å². The van der Waals surface area contributed by atoms with E-state index in [-0.39, 0.29) is 11.8 Å². The van der Waals surface area contributed by atoms with Gasteiger partial charge in [-0.25, -0.2) is 4.98 Å². The van der Waals surface area contributed by atoms with Crippen LogP contribution in [0, 0.1) is 0 Å². The maximum Gasteiger partial charge on any atom is 0.188 e. The molecule has 5 aromatic rings. The number of fused-ring (bicyclic) bond motifs is 5. The van der Waals surface area contributed by atoms with Gasteiger partial charge in [0, 0.05) is 11.8 Å². The molecule has 1 aliphatic rings. The minimum atomic E-state index is -0.528. The number of hydrogen-bond donors (Lipinski definition) is 0. The lowest BCUT2D eigenvalue weighted by Gasteiger charge is -2.36. The van der Waals surface area contributed by atoms with E-state index in [0.717, 1.165) is 33.9 Å². The van der Waals surface area contributed by atoms with Crippen molar-refractivity contribution >= 4 is 40.0 Å². The fourth-order valence-corrected chi connectivity index (χ4v) is 5.16. The lowest BCUT2D eigenvalue weighted by Crippen LogP contribution is -2.34. The number of halogens is 2. The largest absolute Gasteiger partial charge is 0.497 e. The van der Waals surface area contributed by atoms with E-state index >= 15 is 0 Å². The number of hydrogen-bond acceptors (Lipinski definition) is 3. The first-order chi connectivity index (χ1) is 16.6. The molecule has 0 saturated carbocycles. The van der Waals surface area contributed by atoms with Crippen molar-refractivity contribution in [2.24, 2.45) is 0 Å². The molecule has 2 atom stereocenters. The highest BCUT2D eigenvalue weighted by Crippen LogP contribution is 2.46. The summed E-state index contributed by atoms with van der Waals surface area (Å²) >= 11 is 12.8. The van der Waals surface area contributed by atoms with E-state index in [4.69, 9.17) is 32.9 Å². The maximum absolute atomic E-state index is 14.0. The highest BCUT2D eigenvalue weighted by molar-refractivity contribution is 6.42. The molecular formula is C27H19Cl2N3O2. The Bertz CT molecular complexity index is 1540. The minimum Gasteiger partial charge on any atom is -0.497 e. The number of rotatable bonds is 4. The lowest BCUT2D eigenvalue weighted by atomic mass is 9.90. The number of nitrogens with zero attached hydrogens (tertiary/aromatic N) is 3. The Balaban J connectivity index is 1.66. The summed E-state index contributed by atoms with van der Waals surface area (Å²) in [4.78, 5) is 18.9. The summed E-state index contributed by atoms with van der Waals surface area (Å²) in [6, 6.07) is 23.8. The third-order valence-corrected chi connectivity index (χ3v) is 7.12. The number of ketones is 1. The summed E-state index contributed by atoms with van der Waals surface area (Å²) in [5.74, 6) is 1.53. The topological polar surface area (TPSA) is 49.1 Å². The molecule has 34 heavy (non-hydrogen) atoms. The van der Waals surface area contributed by atoms with E-state index in [1.165, 1.54) is 0 Å². The number of aromatic nitrogens is 3. The zero-order valence-corrected chi connectivity index (χ0v) is 19.7. The Kier molecular flexibility index (Phi) is 4.97. The highest BCUT2D eigenvalue weighted by atomic mass is 35.5. The van der Waals surface area contributed by atoms with Crippen molar-refractivity contribution < 1.29 is 9.53 Å². The number of ether oxygens (including phenoxy) is 1. The van der Waals surface area contributed by atoms with Crippen LogP contribution in [0.4, 0.5) is 0 Å². The van der Waals surface area contributed by atoms with Crippen LogP contribution in [0.5, 0.6) is 5.75 Å². The zero-order valence-electron chi connectivity index (χ0n) is 18.2. The first-order valence-electron chi connectivity index (χ1n) is 10.8. The van der Waals surface area contributed by atoms with E-state index in [0.29, 0.717) is 15.6 Å². The van der Waals surface area contributed by atoms with Crippen LogP contribution in [-0.4, -0.2) is 27.0 Å². The molecule has 0 bridgehead atoms. The summed E-state index contributed by atoms with van der Waals surface area (Å²) in [5, 5.41) is 0.884. The normalized spacial score (nSPS) is 16.8. The van der Waals surface area contributed by atoms with E-state index in [1.807, 2.05) is 83.6 Å². The van der Waals surface area contributed by atoms with Crippen LogP contribution < -0.4 is 4.74 Å². The van der Waals surface area contributed by atoms with Gasteiger partial charge in [0.1, 0.15) is 11.8 Å². The molecule has 0 radical (unpaired) electrons. The quantitative estimate of drug-likeness (QED) is 0.260. The highest BCUT2D eigenvalue weighted by Gasteiger charge is 2.40. The molecule has 3 heterocycles. The first kappa shape index (κ1) is 21.0. The summed E-state index contributed by atoms with van der Waals surface area (Å²) in [7, 11) is 1.64. The fourth-order valence-electron chi connectivity index (χ4n) is 4.85. The molecule has 0 saturated heterocycles. The summed E-state index contributed by atoms with van der Waals surface area (Å²) in [6.45, 7) is 0. The van der Waals surface area contributed by atoms with Crippen LogP contribution in [-0.2, 0) is 0 Å². The van der Waals surface area contributed by atoms with Gasteiger partial charge >= 0.3 is 0 Å². The van der Waals surface area contributed by atoms with Gasteiger partial charge < -0.3 is 13.9 Å². The summed E-state index contributed by atoms with van der Waals surface area (Å²) in [6.07, 6.45) is 1.94. The Morgan fingerprint density at radius 1 is 0.941 bits per heavy atom. The average Bonchev–Trinajstić information content (AvgIpc) is 3.49. The van der Waals surface area contributed by atoms with E-state index < -0.39 is 6.04 Å². The Morgan fingerprint density at radius 3 is 2.41 bits per heavy atom. The van der Waals surface area contributed by atoms with Gasteiger partial charge in [-0.2, -0.15) is 0 Å². The molecular weight excluding hydrogens is 469 g/mol. The predicted molar refractivity (Wildman–Crippen MR) is 134 cm³/mol. The van der Waals surface area contributed by atoms with Crippen molar-refractivity contribution in [2.75, 3.05) is 7.11 Å². The number of carbonyl (C=O) groups excluding carboxylic acids is 1. The van der Waals surface area contributed by atoms with Crippen molar-refractivity contribution in [1.82, 2.24) is 14.1 Å². The van der Waals surface area contributed by atoms with Gasteiger partial charge in [-0.05, 0) is 42.0 Å². The van der Waals surface area contributed by atoms with Gasteiger partial charge in [0.05, 0.1) is 39.9 Å². The van der Waals surface area contributed by atoms with Crippen LogP contribution in [0.1, 0.15) is 28.0 Å². The van der Waals surface area contributed by atoms with Crippen LogP contribution >= 0.6 is 23.2 Å². The Labute approximate surface area is 206 Å².